The van der Waals surface area contributed by atoms with Crippen LogP contribution in [0.5, 0.6) is 11.5 Å². The Labute approximate surface area is 222 Å². The van der Waals surface area contributed by atoms with Crippen molar-refractivity contribution in [3.05, 3.63) is 75.8 Å². The number of carboxylic acids is 1. The predicted molar refractivity (Wildman–Crippen MR) is 132 cm³/mol. The third kappa shape index (κ3) is 5.64. The number of imidazole rings is 1. The monoisotopic (exact) mass is 562 g/mol. The van der Waals surface area contributed by atoms with Crippen LogP contribution in [-0.4, -0.2) is 42.0 Å². The zero-order chi connectivity index (χ0) is 27.6. The van der Waals surface area contributed by atoms with Gasteiger partial charge in [-0.2, -0.15) is 23.5 Å². The first-order chi connectivity index (χ1) is 18.0. The smallest absolute Gasteiger partial charge is 0.475 e. The van der Waals surface area contributed by atoms with Crippen molar-refractivity contribution < 1.29 is 27.8 Å². The van der Waals surface area contributed by atoms with Gasteiger partial charge in [0, 0.05) is 16.6 Å². The Balaban J connectivity index is 0.000000426. The van der Waals surface area contributed by atoms with Crippen LogP contribution in [0.15, 0.2) is 48.7 Å². The molecule has 0 atom stereocenters. The van der Waals surface area contributed by atoms with Gasteiger partial charge in [-0.3, -0.25) is 5.10 Å². The summed E-state index contributed by atoms with van der Waals surface area (Å²) >= 11 is 12.6. The van der Waals surface area contributed by atoms with E-state index in [2.05, 4.69) is 25.8 Å². The summed E-state index contributed by atoms with van der Waals surface area (Å²) in [6.45, 7) is 2.45. The molecule has 38 heavy (non-hydrogen) atoms. The van der Waals surface area contributed by atoms with Gasteiger partial charge in [0.2, 0.25) is 0 Å². The normalized spacial score (nSPS) is 11.2. The summed E-state index contributed by atoms with van der Waals surface area (Å²) < 4.78 is 39.8. The van der Waals surface area contributed by atoms with Crippen molar-refractivity contribution in [1.82, 2.24) is 24.7 Å². The third-order valence-electron chi connectivity index (χ3n) is 5.20. The SMILES string of the molecule is Cc1nc2c(Oc3cc(Cl)cc(C#N)c3)c(Cl)ccc2n1Cc1[nH]nc2ncccc12.O=C(O)C(F)(F)F. The molecule has 0 radical (unpaired) electrons. The molecule has 0 bridgehead atoms. The number of fused-ring (bicyclic) bond motifs is 2. The maximum Gasteiger partial charge on any atom is 0.490 e. The number of H-pyrrole nitrogens is 1. The number of hydrogen-bond acceptors (Lipinski definition) is 6. The molecule has 2 aromatic carbocycles. The highest BCUT2D eigenvalue weighted by Crippen LogP contribution is 2.38. The second-order valence-electron chi connectivity index (χ2n) is 7.76. The first-order valence-corrected chi connectivity index (χ1v) is 11.4. The highest BCUT2D eigenvalue weighted by Gasteiger charge is 2.38. The molecule has 0 saturated carbocycles. The Kier molecular flexibility index (Phi) is 7.43. The van der Waals surface area contributed by atoms with Crippen molar-refractivity contribution in [2.45, 2.75) is 19.6 Å². The highest BCUT2D eigenvalue weighted by atomic mass is 35.5. The number of rotatable bonds is 4. The van der Waals surface area contributed by atoms with Gasteiger partial charge in [0.1, 0.15) is 17.1 Å². The quantitative estimate of drug-likeness (QED) is 0.264. The number of aromatic amines is 1. The number of aryl methyl sites for hydroxylation is 1. The minimum atomic E-state index is -5.08. The lowest BCUT2D eigenvalue weighted by Crippen LogP contribution is -2.21. The van der Waals surface area contributed by atoms with Crippen molar-refractivity contribution in [2.24, 2.45) is 0 Å². The van der Waals surface area contributed by atoms with E-state index in [1.165, 1.54) is 0 Å². The van der Waals surface area contributed by atoms with Crippen molar-refractivity contribution in [3.63, 3.8) is 0 Å². The van der Waals surface area contributed by atoms with Gasteiger partial charge in [0.25, 0.3) is 0 Å². The molecular weight excluding hydrogens is 548 g/mol. The van der Waals surface area contributed by atoms with Crippen LogP contribution in [0.4, 0.5) is 13.2 Å². The largest absolute Gasteiger partial charge is 0.490 e. The minimum Gasteiger partial charge on any atom is -0.475 e. The summed E-state index contributed by atoms with van der Waals surface area (Å²) in [6, 6.07) is 14.4. The number of aromatic nitrogens is 5. The number of pyridine rings is 1. The Bertz CT molecular complexity index is 1710. The highest BCUT2D eigenvalue weighted by molar-refractivity contribution is 6.33. The molecule has 0 aliphatic rings. The van der Waals surface area contributed by atoms with Crippen LogP contribution in [0.25, 0.3) is 22.1 Å². The molecule has 0 aliphatic carbocycles. The van der Waals surface area contributed by atoms with E-state index < -0.39 is 12.1 Å². The van der Waals surface area contributed by atoms with Gasteiger partial charge in [0.15, 0.2) is 11.4 Å². The van der Waals surface area contributed by atoms with Crippen molar-refractivity contribution in [1.29, 1.82) is 5.26 Å². The molecule has 194 valence electrons. The molecule has 0 fully saturated rings. The third-order valence-corrected chi connectivity index (χ3v) is 5.72. The van der Waals surface area contributed by atoms with E-state index in [1.807, 2.05) is 25.1 Å². The van der Waals surface area contributed by atoms with E-state index >= 15 is 0 Å². The fraction of sp³-hybridized carbons (Fsp3) is 0.125. The van der Waals surface area contributed by atoms with Crippen molar-refractivity contribution in [3.8, 4) is 17.6 Å². The Morgan fingerprint density at radius 3 is 2.66 bits per heavy atom. The van der Waals surface area contributed by atoms with Crippen LogP contribution in [-0.2, 0) is 11.3 Å². The predicted octanol–water partition coefficient (Wildman–Crippen LogP) is 6.27. The second-order valence-corrected chi connectivity index (χ2v) is 8.60. The summed E-state index contributed by atoms with van der Waals surface area (Å²) in [7, 11) is 0. The van der Waals surface area contributed by atoms with Gasteiger partial charge in [0.05, 0.1) is 34.4 Å². The van der Waals surface area contributed by atoms with Crippen LogP contribution in [0, 0.1) is 18.3 Å². The van der Waals surface area contributed by atoms with Crippen molar-refractivity contribution >= 4 is 51.2 Å². The zero-order valence-electron chi connectivity index (χ0n) is 19.2. The topological polar surface area (TPSA) is 130 Å². The summed E-state index contributed by atoms with van der Waals surface area (Å²) in [5.41, 5.74) is 3.46. The minimum absolute atomic E-state index is 0.396. The van der Waals surface area contributed by atoms with Gasteiger partial charge < -0.3 is 14.4 Å². The molecule has 5 rings (SSSR count). The van der Waals surface area contributed by atoms with Gasteiger partial charge in [-0.05, 0) is 49.4 Å². The number of carbonyl (C=O) groups is 1. The van der Waals surface area contributed by atoms with E-state index in [-0.39, 0.29) is 0 Å². The molecule has 0 aliphatic heterocycles. The number of nitriles is 1. The average Bonchev–Trinajstić information content (AvgIpc) is 3.41. The molecule has 0 spiro atoms. The number of alkyl halides is 3. The molecule has 0 saturated heterocycles. The number of nitrogens with one attached hydrogen (secondary N) is 1. The van der Waals surface area contributed by atoms with Crippen LogP contribution in [0.3, 0.4) is 0 Å². The van der Waals surface area contributed by atoms with E-state index in [0.717, 1.165) is 22.4 Å². The van der Waals surface area contributed by atoms with Gasteiger partial charge in [-0.1, -0.05) is 23.2 Å². The zero-order valence-corrected chi connectivity index (χ0v) is 20.7. The lowest BCUT2D eigenvalue weighted by atomic mass is 10.2. The number of ether oxygens (including phenoxy) is 1. The number of aliphatic carboxylic acids is 1. The van der Waals surface area contributed by atoms with E-state index in [1.54, 1.807) is 30.5 Å². The van der Waals surface area contributed by atoms with Crippen molar-refractivity contribution in [2.75, 3.05) is 0 Å². The lowest BCUT2D eigenvalue weighted by molar-refractivity contribution is -0.192. The maximum absolute atomic E-state index is 10.6. The summed E-state index contributed by atoms with van der Waals surface area (Å²) in [5.74, 6) is -1.15. The molecule has 5 aromatic rings. The Hall–Kier alpha value is -4.34. The molecule has 3 aromatic heterocycles. The van der Waals surface area contributed by atoms with Gasteiger partial charge in [-0.25, -0.2) is 14.8 Å². The number of benzene rings is 2. The van der Waals surface area contributed by atoms with Crippen LogP contribution in [0.2, 0.25) is 10.0 Å². The average molecular weight is 563 g/mol. The summed E-state index contributed by atoms with van der Waals surface area (Å²) in [4.78, 5) is 17.9. The standard InChI is InChI=1S/C22H14Cl2N6O.C2HF3O2/c1-12-27-20-19(30(12)11-18-16-3-2-6-26-22(16)29-28-18)5-4-17(24)21(20)31-15-8-13(10-25)7-14(23)9-15;3-2(4,5)1(6)7/h2-9H,11H2,1H3,(H,26,28,29);(H,6,7). The van der Waals surface area contributed by atoms with E-state index in [9.17, 15) is 18.4 Å². The molecule has 14 heteroatoms. The van der Waals surface area contributed by atoms with E-state index in [0.29, 0.717) is 44.8 Å². The molecule has 9 nitrogen and oxygen atoms in total. The molecule has 0 amide bonds. The van der Waals surface area contributed by atoms with E-state index in [4.69, 9.17) is 42.8 Å². The number of hydrogen-bond donors (Lipinski definition) is 2. The first-order valence-electron chi connectivity index (χ1n) is 10.6. The fourth-order valence-corrected chi connectivity index (χ4v) is 3.96. The summed E-state index contributed by atoms with van der Waals surface area (Å²) in [6.07, 6.45) is -3.37. The molecule has 2 N–H and O–H groups in total. The van der Waals surface area contributed by atoms with Crippen LogP contribution < -0.4 is 4.74 Å². The van der Waals surface area contributed by atoms with Gasteiger partial charge in [-0.15, -0.1) is 0 Å². The number of nitrogens with zero attached hydrogens (tertiary/aromatic N) is 5. The second kappa shape index (κ2) is 10.6. The first kappa shape index (κ1) is 26.7. The fourth-order valence-electron chi connectivity index (χ4n) is 3.54. The number of carboxylic acid groups (broad SMARTS) is 1. The Morgan fingerprint density at radius 2 is 1.97 bits per heavy atom. The lowest BCUT2D eigenvalue weighted by Gasteiger charge is -2.10. The molecule has 3 heterocycles. The van der Waals surface area contributed by atoms with Crippen LogP contribution >= 0.6 is 23.2 Å². The summed E-state index contributed by atoms with van der Waals surface area (Å²) in [5, 5.41) is 25.4. The van der Waals surface area contributed by atoms with Gasteiger partial charge >= 0.3 is 12.1 Å². The molecular formula is C24H15Cl2F3N6O3. The molecule has 0 unspecified atom stereocenters. The number of halogens is 5. The van der Waals surface area contributed by atoms with Crippen LogP contribution in [0.1, 0.15) is 17.1 Å². The maximum atomic E-state index is 10.6. The Morgan fingerprint density at radius 1 is 1.24 bits per heavy atom.